The van der Waals surface area contributed by atoms with Crippen LogP contribution in [0.4, 0.5) is 50.0 Å². The molecule has 1 aliphatic heterocycles. The maximum absolute atomic E-state index is 13.5. The Kier molecular flexibility index (Phi) is 11.4. The zero-order chi connectivity index (χ0) is 31.6. The lowest BCUT2D eigenvalue weighted by Crippen LogP contribution is -2.45. The minimum Gasteiger partial charge on any atom is -0.493 e. The van der Waals surface area contributed by atoms with Gasteiger partial charge in [-0.25, -0.2) is 4.79 Å². The number of ether oxygens (including phenoxy) is 3. The second kappa shape index (κ2) is 13.6. The summed E-state index contributed by atoms with van der Waals surface area (Å²) in [4.78, 5) is 15.7. The summed E-state index contributed by atoms with van der Waals surface area (Å²) in [5.74, 6) is 0.413. The molecule has 0 aromatic heterocycles. The summed E-state index contributed by atoms with van der Waals surface area (Å²) in [6, 6.07) is 2.54. The van der Waals surface area contributed by atoms with Crippen molar-refractivity contribution in [1.29, 1.82) is 0 Å². The molecule has 1 aliphatic rings. The number of carbonyl (C=O) groups is 1. The minimum atomic E-state index is -5.10. The Hall–Kier alpha value is -3.23. The molecule has 0 fully saturated rings. The average Bonchev–Trinajstić information content (AvgIpc) is 2.89. The summed E-state index contributed by atoms with van der Waals surface area (Å²) in [6.07, 6.45) is -16.9. The van der Waals surface area contributed by atoms with Crippen LogP contribution in [0.3, 0.4) is 0 Å². The molecule has 0 saturated heterocycles. The quantitative estimate of drug-likeness (QED) is 0.268. The zero-order valence-corrected chi connectivity index (χ0v) is 24.2. The maximum atomic E-state index is 13.5. The summed E-state index contributed by atoms with van der Waals surface area (Å²) in [5.41, 5.74) is -2.84. The van der Waals surface area contributed by atoms with Crippen LogP contribution in [-0.4, -0.2) is 51.1 Å². The SMILES string of the molecule is COC(=O)N(Cc1cc(C(F)(F)F)cc(C(F)(F)F)c1)[C@@H]1C[C@H](C)N(CCCC(F)(F)F)c2cc(OC)c(OC)cc21.Cl. The van der Waals surface area contributed by atoms with Gasteiger partial charge >= 0.3 is 24.6 Å². The number of anilines is 1. The van der Waals surface area contributed by atoms with Gasteiger partial charge in [0, 0.05) is 42.9 Å². The number of hydrogen-bond donors (Lipinski definition) is 0. The van der Waals surface area contributed by atoms with Gasteiger partial charge < -0.3 is 19.1 Å². The van der Waals surface area contributed by atoms with Crippen molar-refractivity contribution in [3.8, 4) is 11.5 Å². The smallest absolute Gasteiger partial charge is 0.416 e. The Bertz CT molecular complexity index is 1240. The molecule has 0 aliphatic carbocycles. The van der Waals surface area contributed by atoms with Gasteiger partial charge in [-0.3, -0.25) is 4.90 Å². The number of benzene rings is 2. The van der Waals surface area contributed by atoms with Crippen molar-refractivity contribution in [3.63, 3.8) is 0 Å². The molecule has 2 aromatic rings. The van der Waals surface area contributed by atoms with E-state index in [0.29, 0.717) is 23.4 Å². The van der Waals surface area contributed by atoms with E-state index in [9.17, 15) is 44.3 Å². The number of amides is 1. The third kappa shape index (κ3) is 8.67. The van der Waals surface area contributed by atoms with E-state index < -0.39 is 66.4 Å². The minimum absolute atomic E-state index is 0. The zero-order valence-electron chi connectivity index (χ0n) is 23.4. The molecule has 0 radical (unpaired) electrons. The fourth-order valence-electron chi connectivity index (χ4n) is 5.03. The Morgan fingerprint density at radius 2 is 1.42 bits per heavy atom. The Morgan fingerprint density at radius 3 is 1.88 bits per heavy atom. The lowest BCUT2D eigenvalue weighted by Gasteiger charge is -2.44. The average molecular weight is 653 g/mol. The van der Waals surface area contributed by atoms with Crippen LogP contribution in [0, 0.1) is 0 Å². The normalized spacial score (nSPS) is 17.1. The van der Waals surface area contributed by atoms with Crippen LogP contribution in [0.5, 0.6) is 11.5 Å². The van der Waals surface area contributed by atoms with Crippen molar-refractivity contribution >= 4 is 24.2 Å². The second-order valence-corrected chi connectivity index (χ2v) is 9.79. The van der Waals surface area contributed by atoms with Crippen LogP contribution in [0.15, 0.2) is 30.3 Å². The third-order valence-electron chi connectivity index (χ3n) is 6.94. The van der Waals surface area contributed by atoms with Crippen molar-refractivity contribution in [1.82, 2.24) is 4.90 Å². The molecule has 0 saturated carbocycles. The third-order valence-corrected chi connectivity index (χ3v) is 6.94. The molecule has 242 valence electrons. The van der Waals surface area contributed by atoms with Gasteiger partial charge in [0.1, 0.15) is 0 Å². The highest BCUT2D eigenvalue weighted by atomic mass is 35.5. The van der Waals surface area contributed by atoms with Gasteiger partial charge in [0.2, 0.25) is 0 Å². The van der Waals surface area contributed by atoms with Gasteiger partial charge in [0.25, 0.3) is 0 Å². The van der Waals surface area contributed by atoms with E-state index in [-0.39, 0.29) is 49.4 Å². The van der Waals surface area contributed by atoms with Gasteiger partial charge in [-0.2, -0.15) is 39.5 Å². The van der Waals surface area contributed by atoms with Crippen molar-refractivity contribution in [2.75, 3.05) is 32.8 Å². The number of carbonyl (C=O) groups excluding carboxylic acids is 1. The van der Waals surface area contributed by atoms with Crippen LogP contribution < -0.4 is 14.4 Å². The summed E-state index contributed by atoms with van der Waals surface area (Å²) in [5, 5.41) is 0. The molecule has 2 atom stereocenters. The molecule has 0 bridgehead atoms. The maximum Gasteiger partial charge on any atom is 0.416 e. The number of methoxy groups -OCH3 is 3. The number of fused-ring (bicyclic) bond motifs is 1. The number of nitrogens with zero attached hydrogens (tertiary/aromatic N) is 2. The molecule has 0 unspecified atom stereocenters. The van der Waals surface area contributed by atoms with E-state index in [1.165, 1.54) is 26.4 Å². The lowest BCUT2D eigenvalue weighted by atomic mass is 9.89. The number of hydrogen-bond acceptors (Lipinski definition) is 5. The van der Waals surface area contributed by atoms with E-state index in [1.807, 2.05) is 0 Å². The highest BCUT2D eigenvalue weighted by Gasteiger charge is 2.40. The van der Waals surface area contributed by atoms with E-state index in [1.54, 1.807) is 11.8 Å². The van der Waals surface area contributed by atoms with Crippen molar-refractivity contribution in [2.24, 2.45) is 0 Å². The van der Waals surface area contributed by atoms with Gasteiger partial charge in [-0.1, -0.05) is 0 Å². The number of halogens is 10. The second-order valence-electron chi connectivity index (χ2n) is 9.79. The molecular weight excluding hydrogens is 623 g/mol. The highest BCUT2D eigenvalue weighted by Crippen LogP contribution is 2.47. The van der Waals surface area contributed by atoms with Gasteiger partial charge in [-0.15, -0.1) is 12.4 Å². The van der Waals surface area contributed by atoms with E-state index in [0.717, 1.165) is 12.0 Å². The summed E-state index contributed by atoms with van der Waals surface area (Å²) >= 11 is 0. The van der Waals surface area contributed by atoms with Crippen LogP contribution in [0.2, 0.25) is 0 Å². The number of rotatable bonds is 8. The summed E-state index contributed by atoms with van der Waals surface area (Å²) < 4.78 is 135. The molecule has 3 rings (SSSR count). The molecule has 1 amide bonds. The van der Waals surface area contributed by atoms with Gasteiger partial charge in [0.15, 0.2) is 11.5 Å². The van der Waals surface area contributed by atoms with Crippen molar-refractivity contribution in [3.05, 3.63) is 52.6 Å². The van der Waals surface area contributed by atoms with Crippen LogP contribution in [0.1, 0.15) is 54.5 Å². The van der Waals surface area contributed by atoms with Gasteiger partial charge in [0.05, 0.1) is 38.5 Å². The lowest BCUT2D eigenvalue weighted by molar-refractivity contribution is -0.143. The molecule has 1 heterocycles. The first-order valence-corrected chi connectivity index (χ1v) is 12.6. The van der Waals surface area contributed by atoms with Crippen molar-refractivity contribution < 1.29 is 58.5 Å². The first kappa shape index (κ1) is 36.0. The predicted molar refractivity (Wildman–Crippen MR) is 141 cm³/mol. The molecule has 16 heteroatoms. The van der Waals surface area contributed by atoms with Crippen LogP contribution >= 0.6 is 12.4 Å². The first-order valence-electron chi connectivity index (χ1n) is 12.6. The van der Waals surface area contributed by atoms with E-state index in [4.69, 9.17) is 14.2 Å². The molecule has 2 aromatic carbocycles. The molecule has 0 N–H and O–H groups in total. The predicted octanol–water partition coefficient (Wildman–Crippen LogP) is 8.41. The fourth-order valence-corrected chi connectivity index (χ4v) is 5.03. The Balaban J connectivity index is 0.00000645. The van der Waals surface area contributed by atoms with Crippen LogP contribution in [-0.2, 0) is 23.6 Å². The molecule has 6 nitrogen and oxygen atoms in total. The largest absolute Gasteiger partial charge is 0.493 e. The van der Waals surface area contributed by atoms with E-state index in [2.05, 4.69) is 0 Å². The first-order chi connectivity index (χ1) is 19.4. The molecule has 43 heavy (non-hydrogen) atoms. The van der Waals surface area contributed by atoms with Gasteiger partial charge in [-0.05, 0) is 49.6 Å². The monoisotopic (exact) mass is 652 g/mol. The standard InChI is InChI=1S/C27H29F9N2O4.ClH/c1-15-8-20(19-12-22(40-2)23(41-3)13-21(19)37(15)7-5-6-25(28,29)30)38(24(39)42-4)14-16-9-17(26(31,32)33)11-18(10-16)27(34,35)36;/h9-13,15,20H,5-8,14H2,1-4H3;1H/t15-,20+;/m0./s1. The summed E-state index contributed by atoms with van der Waals surface area (Å²) in [7, 11) is 3.67. The Labute approximate surface area is 248 Å². The molecule has 0 spiro atoms. The fraction of sp³-hybridized carbons (Fsp3) is 0.519. The van der Waals surface area contributed by atoms with E-state index >= 15 is 0 Å². The topological polar surface area (TPSA) is 51.2 Å². The summed E-state index contributed by atoms with van der Waals surface area (Å²) in [6.45, 7) is 0.956. The highest BCUT2D eigenvalue weighted by molar-refractivity contribution is 5.85. The number of alkyl halides is 9. The molecular formula is C27H30ClF9N2O4. The van der Waals surface area contributed by atoms with Crippen molar-refractivity contribution in [2.45, 2.75) is 63.3 Å². The Morgan fingerprint density at radius 1 is 0.884 bits per heavy atom. The van der Waals surface area contributed by atoms with Crippen LogP contribution in [0.25, 0.3) is 0 Å².